The van der Waals surface area contributed by atoms with Gasteiger partial charge in [-0.3, -0.25) is 0 Å². The monoisotopic (exact) mass is 1200 g/mol. The average Bonchev–Trinajstić information content (AvgIpc) is 3.66. The zero-order valence-electron chi connectivity index (χ0n) is 52.4. The Kier molecular flexibility index (Phi) is 22.0. The molecule has 0 bridgehead atoms. The highest BCUT2D eigenvalue weighted by atomic mass is 32.2. The number of β-amino-alcohol motifs (C(OH)–C–C–N with tert-alkyl or cyclic N) is 1. The number of benzene rings is 3. The molecule has 20 nitrogen and oxygen atoms in total. The number of nitrogens with zero attached hydrogens (tertiary/aromatic N) is 8. The predicted molar refractivity (Wildman–Crippen MR) is 345 cm³/mol. The van der Waals surface area contributed by atoms with Crippen molar-refractivity contribution in [1.82, 2.24) is 44.4 Å². The highest BCUT2D eigenvalue weighted by Gasteiger charge is 2.38. The number of hydrogen-bond donors (Lipinski definition) is 8. The third-order valence-electron chi connectivity index (χ3n) is 14.7. The molecule has 3 aromatic carbocycles. The highest BCUT2D eigenvalue weighted by molar-refractivity contribution is 7.92. The average molecular weight is 1200 g/mol. The van der Waals surface area contributed by atoms with Crippen LogP contribution in [0.4, 0.5) is 52.4 Å². The Morgan fingerprint density at radius 1 is 0.553 bits per heavy atom. The molecule has 3 saturated heterocycles. The molecular formula is C63H93N15O5S2. The van der Waals surface area contributed by atoms with Gasteiger partial charge in [0, 0.05) is 87.6 Å². The summed E-state index contributed by atoms with van der Waals surface area (Å²) in [5, 5.41) is 31.8. The van der Waals surface area contributed by atoms with Gasteiger partial charge in [0.2, 0.25) is 27.9 Å². The maximum atomic E-state index is 13.2. The summed E-state index contributed by atoms with van der Waals surface area (Å²) in [5.41, 5.74) is 6.16. The fraction of sp³-hybridized carbons (Fsp3) is 0.524. The molecule has 3 fully saturated rings. The molecule has 9 rings (SSSR count). The van der Waals surface area contributed by atoms with Gasteiger partial charge in [-0.15, -0.1) is 0 Å². The number of sulfone groups is 1. The van der Waals surface area contributed by atoms with Crippen LogP contribution in [0.3, 0.4) is 0 Å². The SMILES string of the molecule is Cc1cnc(NC(C)(C)C)nc1Nc1cccc(C2CCN(CCO)CC2)c1.Cc1cnc(NC(C)(C)C)nc1Nc1cccc(S(=O)(=O)C2CCNCC2)c1.Cc1cnc(NC(C)(C)C)nc1Nc1cccc(S(=O)(=O)N2C(C)CCC2C)c1. The molecule has 3 aliphatic rings. The van der Waals surface area contributed by atoms with E-state index < -0.39 is 19.9 Å². The van der Waals surface area contributed by atoms with Crippen molar-refractivity contribution in [3.63, 3.8) is 0 Å². The number of aliphatic hydroxyl groups excluding tert-OH is 1. The van der Waals surface area contributed by atoms with Gasteiger partial charge >= 0.3 is 0 Å². The molecule has 0 saturated carbocycles. The minimum Gasteiger partial charge on any atom is -0.395 e. The fourth-order valence-corrected chi connectivity index (χ4v) is 14.1. The number of sulfonamides is 1. The predicted octanol–water partition coefficient (Wildman–Crippen LogP) is 11.5. The lowest BCUT2D eigenvalue weighted by Gasteiger charge is -2.31. The number of anilines is 9. The molecule has 2 unspecified atom stereocenters. The zero-order valence-corrected chi connectivity index (χ0v) is 54.1. The third-order valence-corrected chi connectivity index (χ3v) is 19.1. The minimum absolute atomic E-state index is 0.0155. The van der Waals surface area contributed by atoms with Crippen molar-refractivity contribution < 1.29 is 21.9 Å². The van der Waals surface area contributed by atoms with Gasteiger partial charge in [-0.2, -0.15) is 19.3 Å². The molecule has 6 heterocycles. The summed E-state index contributed by atoms with van der Waals surface area (Å²) in [5.74, 6) is 4.38. The van der Waals surface area contributed by atoms with E-state index in [2.05, 4.69) is 117 Å². The van der Waals surface area contributed by atoms with E-state index in [-0.39, 0.29) is 40.6 Å². The van der Waals surface area contributed by atoms with Crippen molar-refractivity contribution in [2.45, 2.75) is 185 Å². The Labute approximate surface area is 506 Å². The largest absolute Gasteiger partial charge is 0.395 e. The Morgan fingerprint density at radius 2 is 0.953 bits per heavy atom. The lowest BCUT2D eigenvalue weighted by Crippen LogP contribution is -2.38. The number of rotatable bonds is 16. The maximum absolute atomic E-state index is 13.2. The van der Waals surface area contributed by atoms with Crippen LogP contribution in [0.1, 0.15) is 143 Å². The van der Waals surface area contributed by atoms with Gasteiger partial charge in [0.15, 0.2) is 9.84 Å². The number of piperidine rings is 2. The number of likely N-dealkylation sites (tertiary alicyclic amines) is 1. The van der Waals surface area contributed by atoms with Crippen LogP contribution in [0, 0.1) is 20.8 Å². The Morgan fingerprint density at radius 3 is 1.38 bits per heavy atom. The van der Waals surface area contributed by atoms with Crippen LogP contribution in [0.15, 0.2) is 101 Å². The van der Waals surface area contributed by atoms with Crippen molar-refractivity contribution in [3.8, 4) is 0 Å². The quantitative estimate of drug-likeness (QED) is 0.0448. The molecule has 0 amide bonds. The Bertz CT molecular complexity index is 3400. The lowest BCUT2D eigenvalue weighted by atomic mass is 9.89. The zero-order chi connectivity index (χ0) is 61.9. The highest BCUT2D eigenvalue weighted by Crippen LogP contribution is 2.34. The van der Waals surface area contributed by atoms with E-state index in [0.29, 0.717) is 69.4 Å². The molecule has 6 aromatic rings. The standard InChI is InChI=1S/C22H33N5O.C21H31N5O2S.C20H29N5O2S/c1-16-15-23-21(26-22(2,3)4)25-20(16)24-19-7-5-6-18(14-19)17-8-10-27(11-9-17)12-13-28;1-14-13-22-20(25-21(4,5)6)24-19(14)23-17-8-7-9-18(12-17)29(27,28)26-15(2)10-11-16(26)3;1-14-13-22-19(25-20(2,3)4)24-18(14)23-15-6-5-7-17(12-15)28(26,27)16-8-10-21-11-9-16/h5-7,14-15,17,28H,8-13H2,1-4H3,(H2,23,24,25,26);7-9,12-13,15-16H,10-11H2,1-6H3,(H2,22,23,24,25);5-7,12-13,16,21H,8-11H2,1-4H3,(H2,22,23,24,25). The molecular weight excluding hydrogens is 1110 g/mol. The minimum atomic E-state index is -3.55. The second-order valence-corrected chi connectivity index (χ2v) is 29.9. The van der Waals surface area contributed by atoms with Crippen molar-refractivity contribution in [3.05, 3.63) is 114 Å². The summed E-state index contributed by atoms with van der Waals surface area (Å²) < 4.78 is 54.0. The van der Waals surface area contributed by atoms with E-state index in [1.807, 2.05) is 94.5 Å². The van der Waals surface area contributed by atoms with E-state index in [9.17, 15) is 16.8 Å². The van der Waals surface area contributed by atoms with E-state index in [1.165, 1.54) is 5.56 Å². The van der Waals surface area contributed by atoms with E-state index in [0.717, 1.165) is 86.6 Å². The first-order chi connectivity index (χ1) is 40.0. The lowest BCUT2D eigenvalue weighted by molar-refractivity contribution is 0.164. The van der Waals surface area contributed by atoms with Gasteiger partial charge in [0.25, 0.3) is 0 Å². The van der Waals surface area contributed by atoms with Crippen LogP contribution in [-0.4, -0.2) is 134 Å². The summed E-state index contributed by atoms with van der Waals surface area (Å²) in [6.07, 6.45) is 10.7. The summed E-state index contributed by atoms with van der Waals surface area (Å²) in [6.45, 7) is 32.9. The summed E-state index contributed by atoms with van der Waals surface area (Å²) in [6, 6.07) is 22.6. The third kappa shape index (κ3) is 19.2. The van der Waals surface area contributed by atoms with Gasteiger partial charge in [-0.25, -0.2) is 31.8 Å². The molecule has 3 aromatic heterocycles. The number of hydrogen-bond acceptors (Lipinski definition) is 19. The van der Waals surface area contributed by atoms with Gasteiger partial charge in [0.1, 0.15) is 17.5 Å². The van der Waals surface area contributed by atoms with Gasteiger partial charge < -0.3 is 47.2 Å². The number of aliphatic hydroxyl groups is 1. The smallest absolute Gasteiger partial charge is 0.243 e. The van der Waals surface area contributed by atoms with E-state index in [4.69, 9.17) is 5.11 Å². The molecule has 0 spiro atoms. The first kappa shape index (κ1) is 66.0. The Balaban J connectivity index is 0.000000183. The molecule has 0 radical (unpaired) electrons. The van der Waals surface area contributed by atoms with Crippen molar-refractivity contribution in [2.24, 2.45) is 0 Å². The number of aryl methyl sites for hydroxylation is 3. The summed E-state index contributed by atoms with van der Waals surface area (Å²) >= 11 is 0. The van der Waals surface area contributed by atoms with Gasteiger partial charge in [-0.1, -0.05) is 24.3 Å². The van der Waals surface area contributed by atoms with Crippen LogP contribution in [-0.2, 0) is 19.9 Å². The number of nitrogens with one attached hydrogen (secondary N) is 7. The van der Waals surface area contributed by atoms with Crippen LogP contribution in [0.5, 0.6) is 0 Å². The van der Waals surface area contributed by atoms with Crippen molar-refractivity contribution >= 4 is 72.2 Å². The van der Waals surface area contributed by atoms with Crippen LogP contribution < -0.4 is 37.2 Å². The topological polar surface area (TPSA) is 257 Å². The fourth-order valence-electron chi connectivity index (χ4n) is 10.4. The summed E-state index contributed by atoms with van der Waals surface area (Å²) in [7, 11) is -6.89. The second-order valence-electron chi connectivity index (χ2n) is 25.8. The first-order valence-electron chi connectivity index (χ1n) is 29.7. The molecule has 3 aliphatic heterocycles. The van der Waals surface area contributed by atoms with Gasteiger partial charge in [-0.05, 0) is 222 Å². The van der Waals surface area contributed by atoms with Crippen molar-refractivity contribution in [1.29, 1.82) is 0 Å². The van der Waals surface area contributed by atoms with E-state index in [1.54, 1.807) is 53.1 Å². The molecule has 462 valence electrons. The van der Waals surface area contributed by atoms with Crippen LogP contribution >= 0.6 is 0 Å². The molecule has 85 heavy (non-hydrogen) atoms. The van der Waals surface area contributed by atoms with Crippen LogP contribution in [0.25, 0.3) is 0 Å². The molecule has 2 atom stereocenters. The van der Waals surface area contributed by atoms with Crippen molar-refractivity contribution in [2.75, 3.05) is 71.2 Å². The normalized spacial score (nSPS) is 17.6. The molecule has 0 aliphatic carbocycles. The molecule has 22 heteroatoms. The molecule has 8 N–H and O–H groups in total. The maximum Gasteiger partial charge on any atom is 0.243 e. The van der Waals surface area contributed by atoms with Crippen LogP contribution in [0.2, 0.25) is 0 Å². The first-order valence-corrected chi connectivity index (χ1v) is 32.7. The summed E-state index contributed by atoms with van der Waals surface area (Å²) in [4.78, 5) is 29.8. The number of aromatic nitrogens is 6. The Hall–Kier alpha value is -6.56. The van der Waals surface area contributed by atoms with E-state index >= 15 is 0 Å². The van der Waals surface area contributed by atoms with Gasteiger partial charge in [0.05, 0.1) is 21.6 Å². The second kappa shape index (κ2) is 28.3.